The van der Waals surface area contributed by atoms with Gasteiger partial charge in [0.15, 0.2) is 0 Å². The molecule has 7 heteroatoms. The van der Waals surface area contributed by atoms with Gasteiger partial charge in [0.05, 0.1) is 17.3 Å². The molecule has 1 aromatic rings. The topological polar surface area (TPSA) is 49.3 Å². The van der Waals surface area contributed by atoms with Crippen molar-refractivity contribution in [2.24, 2.45) is 0 Å². The maximum absolute atomic E-state index is 12.1. The fourth-order valence-corrected chi connectivity index (χ4v) is 1.46. The number of amides is 1. The van der Waals surface area contributed by atoms with Gasteiger partial charge in [-0.15, -0.1) is 0 Å². The second kappa shape index (κ2) is 7.17. The molecule has 0 heterocycles. The van der Waals surface area contributed by atoms with Crippen LogP contribution < -0.4 is 5.32 Å². The van der Waals surface area contributed by atoms with Crippen LogP contribution in [0.4, 0.5) is 18.9 Å². The van der Waals surface area contributed by atoms with Crippen LogP contribution in [-0.4, -0.2) is 23.8 Å². The zero-order valence-corrected chi connectivity index (χ0v) is 11.0. The number of carbonyl (C=O) groups is 1. The van der Waals surface area contributed by atoms with Crippen molar-refractivity contribution < 1.29 is 23.1 Å². The van der Waals surface area contributed by atoms with Crippen LogP contribution in [0.2, 0.25) is 5.02 Å². The lowest BCUT2D eigenvalue weighted by Gasteiger charge is -2.09. The van der Waals surface area contributed by atoms with Crippen molar-refractivity contribution in [3.8, 4) is 11.8 Å². The average molecular weight is 306 g/mol. The summed E-state index contributed by atoms with van der Waals surface area (Å²) in [6.07, 6.45) is -5.88. The van der Waals surface area contributed by atoms with Gasteiger partial charge in [0.2, 0.25) is 5.91 Å². The normalized spacial score (nSPS) is 10.7. The van der Waals surface area contributed by atoms with Crippen molar-refractivity contribution in [2.75, 3.05) is 11.9 Å². The largest absolute Gasteiger partial charge is 0.397 e. The Kier molecular flexibility index (Phi) is 5.86. The van der Waals surface area contributed by atoms with E-state index in [-0.39, 0.29) is 23.7 Å². The van der Waals surface area contributed by atoms with Crippen LogP contribution in [0, 0.1) is 11.8 Å². The summed E-state index contributed by atoms with van der Waals surface area (Å²) in [5, 5.41) is 10.8. The molecule has 1 rings (SSSR count). The van der Waals surface area contributed by atoms with Gasteiger partial charge in [-0.05, 0) is 18.2 Å². The van der Waals surface area contributed by atoms with E-state index in [9.17, 15) is 18.0 Å². The van der Waals surface area contributed by atoms with Crippen molar-refractivity contribution >= 4 is 23.2 Å². The summed E-state index contributed by atoms with van der Waals surface area (Å²) in [5.41, 5.74) is 0.543. The lowest BCUT2D eigenvalue weighted by atomic mass is 10.2. The van der Waals surface area contributed by atoms with Crippen LogP contribution in [-0.2, 0) is 4.79 Å². The first-order valence-electron chi connectivity index (χ1n) is 5.57. The van der Waals surface area contributed by atoms with E-state index < -0.39 is 18.5 Å². The Morgan fingerprint density at radius 1 is 1.40 bits per heavy atom. The maximum Gasteiger partial charge on any atom is 0.397 e. The molecule has 0 spiro atoms. The smallest absolute Gasteiger partial charge is 0.395 e. The molecule has 0 aliphatic carbocycles. The maximum atomic E-state index is 12.1. The van der Waals surface area contributed by atoms with Crippen LogP contribution in [0.1, 0.15) is 18.4 Å². The summed E-state index contributed by atoms with van der Waals surface area (Å²) in [6.45, 7) is -0.0875. The second-order valence-electron chi connectivity index (χ2n) is 3.81. The quantitative estimate of drug-likeness (QED) is 0.844. The molecule has 0 saturated heterocycles. The lowest BCUT2D eigenvalue weighted by Crippen LogP contribution is -2.21. The molecule has 0 aromatic heterocycles. The molecular weight excluding hydrogens is 295 g/mol. The first-order chi connectivity index (χ1) is 9.31. The molecule has 2 N–H and O–H groups in total. The van der Waals surface area contributed by atoms with E-state index in [1.165, 1.54) is 12.1 Å². The van der Waals surface area contributed by atoms with E-state index >= 15 is 0 Å². The van der Waals surface area contributed by atoms with Gasteiger partial charge >= 0.3 is 6.18 Å². The minimum absolute atomic E-state index is 0.0664. The number of carbonyl (C=O) groups excluding carboxylic acids is 1. The number of rotatable bonds is 3. The zero-order chi connectivity index (χ0) is 15.2. The van der Waals surface area contributed by atoms with Gasteiger partial charge in [0.25, 0.3) is 0 Å². The van der Waals surface area contributed by atoms with E-state index in [0.29, 0.717) is 5.56 Å². The minimum atomic E-state index is -4.57. The number of hydrogen-bond acceptors (Lipinski definition) is 2. The van der Waals surface area contributed by atoms with E-state index in [1.54, 1.807) is 6.07 Å². The van der Waals surface area contributed by atoms with Crippen molar-refractivity contribution in [2.45, 2.75) is 19.0 Å². The van der Waals surface area contributed by atoms with Crippen molar-refractivity contribution in [3.05, 3.63) is 28.8 Å². The predicted molar refractivity (Wildman–Crippen MR) is 69.3 cm³/mol. The molecule has 0 atom stereocenters. The third kappa shape index (κ3) is 5.95. The Balaban J connectivity index is 2.82. The van der Waals surface area contributed by atoms with Crippen molar-refractivity contribution in [3.63, 3.8) is 0 Å². The number of anilines is 1. The van der Waals surface area contributed by atoms with Gasteiger partial charge in [0, 0.05) is 12.0 Å². The fraction of sp³-hybridized carbons (Fsp3) is 0.308. The minimum Gasteiger partial charge on any atom is -0.395 e. The Hall–Kier alpha value is -1.71. The molecule has 0 saturated carbocycles. The summed E-state index contributed by atoms with van der Waals surface area (Å²) in [4.78, 5) is 11.2. The highest BCUT2D eigenvalue weighted by Gasteiger charge is 2.31. The highest BCUT2D eigenvalue weighted by molar-refractivity contribution is 6.33. The van der Waals surface area contributed by atoms with E-state index in [2.05, 4.69) is 17.2 Å². The first-order valence-corrected chi connectivity index (χ1v) is 5.95. The molecule has 0 radical (unpaired) electrons. The summed E-state index contributed by atoms with van der Waals surface area (Å²) in [6, 6.07) is 4.36. The summed E-state index contributed by atoms with van der Waals surface area (Å²) < 4.78 is 36.2. The molecule has 0 aliphatic heterocycles. The van der Waals surface area contributed by atoms with Gasteiger partial charge < -0.3 is 10.4 Å². The average Bonchev–Trinajstić information content (AvgIpc) is 2.31. The number of aliphatic hydroxyl groups excluding tert-OH is 1. The van der Waals surface area contributed by atoms with Gasteiger partial charge in [-0.3, -0.25) is 4.79 Å². The fourth-order valence-electron chi connectivity index (χ4n) is 1.30. The molecule has 0 bridgehead atoms. The third-order valence-corrected chi connectivity index (χ3v) is 2.40. The van der Waals surface area contributed by atoms with E-state index in [4.69, 9.17) is 16.7 Å². The predicted octanol–water partition coefficient (Wildman–Crippen LogP) is 2.96. The number of halogens is 4. The van der Waals surface area contributed by atoms with Crippen molar-refractivity contribution in [1.82, 2.24) is 0 Å². The molecule has 108 valence electrons. The molecule has 1 aromatic carbocycles. The monoisotopic (exact) mass is 305 g/mol. The number of hydrogen-bond donors (Lipinski definition) is 2. The Labute approximate surface area is 118 Å². The lowest BCUT2D eigenvalue weighted by molar-refractivity contribution is -0.150. The molecule has 3 nitrogen and oxygen atoms in total. The van der Waals surface area contributed by atoms with Crippen LogP contribution >= 0.6 is 11.6 Å². The molecule has 0 unspecified atom stereocenters. The van der Waals surface area contributed by atoms with Crippen LogP contribution in [0.5, 0.6) is 0 Å². The number of aliphatic hydroxyl groups is 1. The Morgan fingerprint density at radius 3 is 2.70 bits per heavy atom. The summed E-state index contributed by atoms with van der Waals surface area (Å²) in [7, 11) is 0. The van der Waals surface area contributed by atoms with Gasteiger partial charge in [-0.1, -0.05) is 23.4 Å². The SMILES string of the molecule is O=C(CC(F)(F)F)Nc1cc(C#CCCO)ccc1Cl. The summed E-state index contributed by atoms with van der Waals surface area (Å²) in [5.74, 6) is 4.15. The number of nitrogens with one attached hydrogen (secondary N) is 1. The van der Waals surface area contributed by atoms with Gasteiger partial charge in [0.1, 0.15) is 6.42 Å². The highest BCUT2D eigenvalue weighted by Crippen LogP contribution is 2.25. The van der Waals surface area contributed by atoms with Gasteiger partial charge in [-0.2, -0.15) is 13.2 Å². The number of benzene rings is 1. The molecule has 0 aliphatic rings. The first kappa shape index (κ1) is 16.3. The van der Waals surface area contributed by atoms with Crippen LogP contribution in [0.3, 0.4) is 0 Å². The van der Waals surface area contributed by atoms with Crippen LogP contribution in [0.25, 0.3) is 0 Å². The molecule has 1 amide bonds. The molecule has 20 heavy (non-hydrogen) atoms. The summed E-state index contributed by atoms with van der Waals surface area (Å²) >= 11 is 5.79. The Morgan fingerprint density at radius 2 is 2.10 bits per heavy atom. The number of alkyl halides is 3. The second-order valence-corrected chi connectivity index (χ2v) is 4.22. The third-order valence-electron chi connectivity index (χ3n) is 2.07. The Bertz CT molecular complexity index is 547. The molecular formula is C13H11ClF3NO2. The zero-order valence-electron chi connectivity index (χ0n) is 10.2. The van der Waals surface area contributed by atoms with Crippen molar-refractivity contribution in [1.29, 1.82) is 0 Å². The van der Waals surface area contributed by atoms with Crippen LogP contribution in [0.15, 0.2) is 18.2 Å². The van der Waals surface area contributed by atoms with Gasteiger partial charge in [-0.25, -0.2) is 0 Å². The van der Waals surface area contributed by atoms with E-state index in [1.807, 2.05) is 0 Å². The standard InChI is InChI=1S/C13H11ClF3NO2/c14-10-5-4-9(3-1-2-6-19)7-11(10)18-12(20)8-13(15,16)17/h4-5,7,19H,2,6,8H2,(H,18,20). The van der Waals surface area contributed by atoms with E-state index in [0.717, 1.165) is 0 Å². The molecule has 0 fully saturated rings. The highest BCUT2D eigenvalue weighted by atomic mass is 35.5.